The van der Waals surface area contributed by atoms with Gasteiger partial charge in [0.15, 0.2) is 0 Å². The molecule has 6 rings (SSSR count). The summed E-state index contributed by atoms with van der Waals surface area (Å²) in [6.07, 6.45) is 8.51. The van der Waals surface area contributed by atoms with Crippen molar-refractivity contribution >= 4 is 31.5 Å². The molecule has 0 radical (unpaired) electrons. The summed E-state index contributed by atoms with van der Waals surface area (Å²) in [5.41, 5.74) is 5.43. The summed E-state index contributed by atoms with van der Waals surface area (Å²) in [7, 11) is 0. The van der Waals surface area contributed by atoms with Crippen LogP contribution in [-0.4, -0.2) is 4.98 Å². The van der Waals surface area contributed by atoms with Crippen LogP contribution in [0.2, 0.25) is 0 Å². The third-order valence-electron chi connectivity index (χ3n) is 6.75. The van der Waals surface area contributed by atoms with E-state index in [9.17, 15) is 0 Å². The fourth-order valence-electron chi connectivity index (χ4n) is 5.10. The van der Waals surface area contributed by atoms with Gasteiger partial charge >= 0.3 is 0 Å². The number of benzene rings is 3. The molecule has 3 aromatic carbocycles. The van der Waals surface area contributed by atoms with Crippen molar-refractivity contribution < 1.29 is 4.39 Å². The van der Waals surface area contributed by atoms with Crippen LogP contribution in [0, 0.1) is 11.7 Å². The highest BCUT2D eigenvalue weighted by atomic mass is 32.1. The van der Waals surface area contributed by atoms with Crippen molar-refractivity contribution in [2.24, 2.45) is 5.92 Å². The zero-order valence-electron chi connectivity index (χ0n) is 17.9. The van der Waals surface area contributed by atoms with E-state index in [0.717, 1.165) is 54.9 Å². The van der Waals surface area contributed by atoms with E-state index < -0.39 is 0 Å². The quantitative estimate of drug-likeness (QED) is 0.274. The number of hydrogen-bond donors (Lipinski definition) is 0. The number of nitrogens with zero attached hydrogens (tertiary/aromatic N) is 1. The Bertz CT molecular complexity index is 1410. The Kier molecular flexibility index (Phi) is 4.99. The van der Waals surface area contributed by atoms with Crippen LogP contribution in [0.5, 0.6) is 0 Å². The Morgan fingerprint density at radius 2 is 1.66 bits per heavy atom. The van der Waals surface area contributed by atoms with E-state index in [1.54, 1.807) is 6.07 Å². The largest absolute Gasteiger partial charge is 0.256 e. The van der Waals surface area contributed by atoms with Crippen molar-refractivity contribution in [3.05, 3.63) is 90.4 Å². The van der Waals surface area contributed by atoms with Crippen LogP contribution in [-0.2, 0) is 6.42 Å². The second-order valence-corrected chi connectivity index (χ2v) is 9.97. The first-order valence-corrected chi connectivity index (χ1v) is 12.2. The van der Waals surface area contributed by atoms with Crippen LogP contribution in [0.1, 0.15) is 31.2 Å². The minimum absolute atomic E-state index is 0.152. The summed E-state index contributed by atoms with van der Waals surface area (Å²) in [5.74, 6) is 0.665. The van der Waals surface area contributed by atoms with Gasteiger partial charge in [0.2, 0.25) is 0 Å². The Hall–Kier alpha value is -3.04. The molecule has 32 heavy (non-hydrogen) atoms. The van der Waals surface area contributed by atoms with Crippen LogP contribution < -0.4 is 0 Å². The van der Waals surface area contributed by atoms with E-state index in [0.29, 0.717) is 0 Å². The molecule has 1 aliphatic rings. The van der Waals surface area contributed by atoms with Gasteiger partial charge in [-0.2, -0.15) is 0 Å². The maximum atomic E-state index is 15.0. The van der Waals surface area contributed by atoms with E-state index in [4.69, 9.17) is 0 Å². The fourth-order valence-corrected chi connectivity index (χ4v) is 6.23. The van der Waals surface area contributed by atoms with Crippen molar-refractivity contribution in [3.63, 3.8) is 0 Å². The molecule has 0 bridgehead atoms. The molecule has 1 nitrogen and oxygen atoms in total. The molecule has 0 atom stereocenters. The molecule has 2 heterocycles. The second-order valence-electron chi connectivity index (χ2n) is 8.92. The van der Waals surface area contributed by atoms with E-state index >= 15 is 4.39 Å². The molecular weight excluding hydrogens is 413 g/mol. The minimum atomic E-state index is -0.152. The van der Waals surface area contributed by atoms with Gasteiger partial charge in [-0.15, -0.1) is 11.3 Å². The van der Waals surface area contributed by atoms with Gasteiger partial charge in [0.1, 0.15) is 5.82 Å². The summed E-state index contributed by atoms with van der Waals surface area (Å²) in [6, 6.07) is 24.6. The number of pyridine rings is 1. The molecular formula is C29H24FNS. The second kappa shape index (κ2) is 8.14. The lowest BCUT2D eigenvalue weighted by molar-refractivity contribution is 0.546. The SMILES string of the molecule is Fc1cc(-c2ccccc2)cc2c1sc1cc(-c3cc(CC4CCCC4)ccn3)ccc12. The summed E-state index contributed by atoms with van der Waals surface area (Å²) in [5, 5.41) is 2.09. The normalized spacial score (nSPS) is 14.5. The van der Waals surface area contributed by atoms with E-state index in [2.05, 4.69) is 41.4 Å². The Morgan fingerprint density at radius 1 is 0.812 bits per heavy atom. The first-order valence-electron chi connectivity index (χ1n) is 11.4. The van der Waals surface area contributed by atoms with Crippen LogP contribution in [0.15, 0.2) is 79.0 Å². The average Bonchev–Trinajstić information content (AvgIpc) is 3.47. The van der Waals surface area contributed by atoms with Crippen molar-refractivity contribution in [1.82, 2.24) is 4.98 Å². The number of thiophene rings is 1. The van der Waals surface area contributed by atoms with Crippen molar-refractivity contribution in [2.75, 3.05) is 0 Å². The number of fused-ring (bicyclic) bond motifs is 3. The topological polar surface area (TPSA) is 12.9 Å². The number of hydrogen-bond acceptors (Lipinski definition) is 2. The molecule has 0 saturated heterocycles. The fraction of sp³-hybridized carbons (Fsp3) is 0.207. The smallest absolute Gasteiger partial charge is 0.141 e. The molecule has 3 heteroatoms. The molecule has 1 aliphatic carbocycles. The molecule has 0 spiro atoms. The van der Waals surface area contributed by atoms with Gasteiger partial charge in [-0.1, -0.05) is 68.1 Å². The first-order chi connectivity index (χ1) is 15.7. The van der Waals surface area contributed by atoms with Crippen LogP contribution in [0.4, 0.5) is 4.39 Å². The predicted molar refractivity (Wildman–Crippen MR) is 134 cm³/mol. The zero-order chi connectivity index (χ0) is 21.5. The molecule has 1 saturated carbocycles. The predicted octanol–water partition coefficient (Wildman–Crippen LogP) is 8.66. The van der Waals surface area contributed by atoms with Gasteiger partial charge in [0, 0.05) is 27.2 Å². The summed E-state index contributed by atoms with van der Waals surface area (Å²) in [6.45, 7) is 0. The first kappa shape index (κ1) is 19.6. The highest BCUT2D eigenvalue weighted by molar-refractivity contribution is 7.25. The number of halogens is 1. The van der Waals surface area contributed by atoms with Crippen LogP contribution in [0.3, 0.4) is 0 Å². The lowest BCUT2D eigenvalue weighted by Crippen LogP contribution is -1.99. The summed E-state index contributed by atoms with van der Waals surface area (Å²) < 4.78 is 16.9. The van der Waals surface area contributed by atoms with Gasteiger partial charge in [0.25, 0.3) is 0 Å². The average molecular weight is 438 g/mol. The van der Waals surface area contributed by atoms with Gasteiger partial charge in [-0.3, -0.25) is 4.98 Å². The Balaban J connectivity index is 1.40. The van der Waals surface area contributed by atoms with E-state index in [1.165, 1.54) is 42.6 Å². The van der Waals surface area contributed by atoms with Gasteiger partial charge in [-0.25, -0.2) is 4.39 Å². The molecule has 0 amide bonds. The molecule has 1 fully saturated rings. The molecule has 2 aromatic heterocycles. The van der Waals surface area contributed by atoms with E-state index in [-0.39, 0.29) is 5.82 Å². The minimum Gasteiger partial charge on any atom is -0.256 e. The lowest BCUT2D eigenvalue weighted by atomic mass is 9.97. The highest BCUT2D eigenvalue weighted by Gasteiger charge is 2.16. The number of rotatable bonds is 4. The Morgan fingerprint density at radius 3 is 2.50 bits per heavy atom. The van der Waals surface area contributed by atoms with Crippen molar-refractivity contribution in [3.8, 4) is 22.4 Å². The van der Waals surface area contributed by atoms with Gasteiger partial charge < -0.3 is 0 Å². The summed E-state index contributed by atoms with van der Waals surface area (Å²) in [4.78, 5) is 4.65. The molecule has 158 valence electrons. The van der Waals surface area contributed by atoms with Crippen LogP contribution >= 0.6 is 11.3 Å². The maximum absolute atomic E-state index is 15.0. The van der Waals surface area contributed by atoms with E-state index in [1.807, 2.05) is 36.5 Å². The monoisotopic (exact) mass is 437 g/mol. The van der Waals surface area contributed by atoms with Gasteiger partial charge in [0.05, 0.1) is 10.4 Å². The number of aromatic nitrogens is 1. The van der Waals surface area contributed by atoms with Crippen LogP contribution in [0.25, 0.3) is 42.6 Å². The van der Waals surface area contributed by atoms with Crippen molar-refractivity contribution in [2.45, 2.75) is 32.1 Å². The third kappa shape index (κ3) is 3.61. The Labute approximate surface area is 191 Å². The molecule has 0 aliphatic heterocycles. The molecule has 5 aromatic rings. The standard InChI is InChI=1S/C29H24FNS/c30-26-17-23(21-8-2-1-3-9-21)16-25-24-11-10-22(18-28(24)32-29(25)26)27-15-20(12-13-31-27)14-19-6-4-5-7-19/h1-3,8-13,15-19H,4-7,14H2. The molecule has 0 unspecified atom stereocenters. The summed E-state index contributed by atoms with van der Waals surface area (Å²) >= 11 is 1.53. The third-order valence-corrected chi connectivity index (χ3v) is 7.93. The van der Waals surface area contributed by atoms with Crippen molar-refractivity contribution in [1.29, 1.82) is 0 Å². The highest BCUT2D eigenvalue weighted by Crippen LogP contribution is 2.40. The molecule has 0 N–H and O–H groups in total. The maximum Gasteiger partial charge on any atom is 0.141 e. The lowest BCUT2D eigenvalue weighted by Gasteiger charge is -2.10. The van der Waals surface area contributed by atoms with Gasteiger partial charge in [-0.05, 0) is 59.4 Å². The zero-order valence-corrected chi connectivity index (χ0v) is 18.7.